The van der Waals surface area contributed by atoms with E-state index in [1.165, 1.54) is 17.6 Å². The lowest BCUT2D eigenvalue weighted by atomic mass is 10.0. The van der Waals surface area contributed by atoms with Gasteiger partial charge in [-0.2, -0.15) is 0 Å². The molecule has 96 valence electrons. The van der Waals surface area contributed by atoms with Gasteiger partial charge in [-0.25, -0.2) is 4.39 Å². The maximum atomic E-state index is 13.8. The molecule has 18 heavy (non-hydrogen) atoms. The summed E-state index contributed by atoms with van der Waals surface area (Å²) in [6, 6.07) is 4.23. The van der Waals surface area contributed by atoms with E-state index in [1.54, 1.807) is 12.1 Å². The monoisotopic (exact) mass is 329 g/mol. The fourth-order valence-corrected chi connectivity index (χ4v) is 2.92. The van der Waals surface area contributed by atoms with Crippen molar-refractivity contribution < 1.29 is 4.39 Å². The number of aromatic nitrogens is 2. The van der Waals surface area contributed by atoms with E-state index in [2.05, 4.69) is 25.5 Å². The first-order valence-corrected chi connectivity index (χ1v) is 7.10. The third-order valence-corrected chi connectivity index (χ3v) is 3.98. The molecule has 0 aliphatic carbocycles. The molecule has 0 saturated heterocycles. The standard InChI is InChI=1S/C12H13BrFN3S/c1-6(2)11-12(18-17-16-11)10(15)8-5-7(13)3-4-9(8)14/h3-6,10H,15H2,1-2H3. The summed E-state index contributed by atoms with van der Waals surface area (Å²) in [5, 5.41) is 4.07. The summed E-state index contributed by atoms with van der Waals surface area (Å²) in [6.45, 7) is 4.04. The Balaban J connectivity index is 2.44. The van der Waals surface area contributed by atoms with Crippen LogP contribution < -0.4 is 5.73 Å². The van der Waals surface area contributed by atoms with Crippen LogP contribution in [0.5, 0.6) is 0 Å². The highest BCUT2D eigenvalue weighted by Gasteiger charge is 2.22. The second-order valence-electron chi connectivity index (χ2n) is 4.32. The summed E-state index contributed by atoms with van der Waals surface area (Å²) in [6.07, 6.45) is 0. The molecule has 2 N–H and O–H groups in total. The van der Waals surface area contributed by atoms with Crippen LogP contribution in [0.15, 0.2) is 22.7 Å². The largest absolute Gasteiger partial charge is 0.319 e. The van der Waals surface area contributed by atoms with Crippen LogP contribution >= 0.6 is 27.5 Å². The van der Waals surface area contributed by atoms with Gasteiger partial charge in [0.05, 0.1) is 16.6 Å². The minimum absolute atomic E-state index is 0.222. The topological polar surface area (TPSA) is 51.8 Å². The summed E-state index contributed by atoms with van der Waals surface area (Å²) < 4.78 is 18.5. The number of nitrogens with zero attached hydrogens (tertiary/aromatic N) is 2. The van der Waals surface area contributed by atoms with E-state index in [0.717, 1.165) is 15.0 Å². The molecule has 2 aromatic rings. The van der Waals surface area contributed by atoms with Crippen LogP contribution in [0.1, 0.15) is 41.9 Å². The first-order valence-electron chi connectivity index (χ1n) is 5.53. The Kier molecular flexibility index (Phi) is 4.09. The zero-order valence-corrected chi connectivity index (χ0v) is 12.4. The van der Waals surface area contributed by atoms with Gasteiger partial charge in [0.15, 0.2) is 0 Å². The van der Waals surface area contributed by atoms with Crippen LogP contribution in [0.3, 0.4) is 0 Å². The molecule has 1 heterocycles. The number of halogens is 2. The second kappa shape index (κ2) is 5.42. The predicted octanol–water partition coefficient (Wildman–Crippen LogP) is 3.61. The molecule has 0 fully saturated rings. The third-order valence-electron chi connectivity index (χ3n) is 2.66. The minimum atomic E-state index is -0.528. The lowest BCUT2D eigenvalue weighted by molar-refractivity contribution is 0.599. The molecule has 1 aromatic heterocycles. The van der Waals surface area contributed by atoms with Gasteiger partial charge in [0.1, 0.15) is 5.82 Å². The molecule has 0 radical (unpaired) electrons. The normalized spacial score (nSPS) is 13.0. The predicted molar refractivity (Wildman–Crippen MR) is 74.1 cm³/mol. The molecule has 1 atom stereocenters. The van der Waals surface area contributed by atoms with E-state index in [9.17, 15) is 4.39 Å². The molecule has 0 aliphatic heterocycles. The number of hydrogen-bond acceptors (Lipinski definition) is 4. The number of nitrogens with two attached hydrogens (primary N) is 1. The summed E-state index contributed by atoms with van der Waals surface area (Å²) in [7, 11) is 0. The molecule has 0 amide bonds. The van der Waals surface area contributed by atoms with E-state index >= 15 is 0 Å². The van der Waals surface area contributed by atoms with Gasteiger partial charge in [0.25, 0.3) is 0 Å². The van der Waals surface area contributed by atoms with Crippen molar-refractivity contribution in [3.63, 3.8) is 0 Å². The Morgan fingerprint density at radius 2 is 2.11 bits per heavy atom. The van der Waals surface area contributed by atoms with Crippen LogP contribution in [-0.4, -0.2) is 9.59 Å². The lowest BCUT2D eigenvalue weighted by Crippen LogP contribution is -2.14. The fraction of sp³-hybridized carbons (Fsp3) is 0.333. The summed E-state index contributed by atoms with van der Waals surface area (Å²) in [4.78, 5) is 0.821. The van der Waals surface area contributed by atoms with Gasteiger partial charge in [0, 0.05) is 10.0 Å². The highest BCUT2D eigenvalue weighted by molar-refractivity contribution is 9.10. The highest BCUT2D eigenvalue weighted by atomic mass is 79.9. The number of benzene rings is 1. The summed E-state index contributed by atoms with van der Waals surface area (Å²) >= 11 is 4.55. The van der Waals surface area contributed by atoms with Crippen molar-refractivity contribution in [2.24, 2.45) is 5.73 Å². The van der Waals surface area contributed by atoms with Crippen LogP contribution in [-0.2, 0) is 0 Å². The van der Waals surface area contributed by atoms with Crippen LogP contribution in [0.2, 0.25) is 0 Å². The minimum Gasteiger partial charge on any atom is -0.319 e. The molecule has 0 spiro atoms. The van der Waals surface area contributed by atoms with Crippen LogP contribution in [0.4, 0.5) is 4.39 Å². The van der Waals surface area contributed by atoms with Gasteiger partial charge < -0.3 is 5.73 Å². The quantitative estimate of drug-likeness (QED) is 0.935. The molecule has 3 nitrogen and oxygen atoms in total. The molecule has 6 heteroatoms. The molecule has 1 aromatic carbocycles. The van der Waals surface area contributed by atoms with Crippen molar-refractivity contribution in [3.8, 4) is 0 Å². The van der Waals surface area contributed by atoms with Crippen molar-refractivity contribution in [1.29, 1.82) is 0 Å². The zero-order chi connectivity index (χ0) is 13.3. The van der Waals surface area contributed by atoms with Crippen LogP contribution in [0, 0.1) is 5.82 Å². The molecule has 0 bridgehead atoms. The van der Waals surface area contributed by atoms with Crippen molar-refractivity contribution in [2.75, 3.05) is 0 Å². The van der Waals surface area contributed by atoms with E-state index in [-0.39, 0.29) is 11.7 Å². The van der Waals surface area contributed by atoms with E-state index in [1.807, 2.05) is 13.8 Å². The van der Waals surface area contributed by atoms with E-state index in [0.29, 0.717) is 5.56 Å². The zero-order valence-electron chi connectivity index (χ0n) is 10.0. The second-order valence-corrected chi connectivity index (χ2v) is 6.02. The first-order chi connectivity index (χ1) is 8.50. The average molecular weight is 330 g/mol. The Bertz CT molecular complexity index is 556. The van der Waals surface area contributed by atoms with Gasteiger partial charge in [-0.3, -0.25) is 0 Å². The van der Waals surface area contributed by atoms with Crippen molar-refractivity contribution in [2.45, 2.75) is 25.8 Å². The first kappa shape index (κ1) is 13.6. The Labute approximate surface area is 118 Å². The molecule has 0 aliphatic rings. The Hall–Kier alpha value is -0.850. The van der Waals surface area contributed by atoms with Gasteiger partial charge in [-0.05, 0) is 35.6 Å². The smallest absolute Gasteiger partial charge is 0.128 e. The Morgan fingerprint density at radius 1 is 1.39 bits per heavy atom. The number of rotatable bonds is 3. The van der Waals surface area contributed by atoms with Gasteiger partial charge >= 0.3 is 0 Å². The maximum Gasteiger partial charge on any atom is 0.128 e. The molecular weight excluding hydrogens is 317 g/mol. The van der Waals surface area contributed by atoms with Crippen molar-refractivity contribution >= 4 is 27.5 Å². The molecular formula is C12H13BrFN3S. The Morgan fingerprint density at radius 3 is 2.78 bits per heavy atom. The third kappa shape index (κ3) is 2.60. The molecule has 1 unspecified atom stereocenters. The van der Waals surface area contributed by atoms with Gasteiger partial charge in [-0.1, -0.05) is 34.3 Å². The van der Waals surface area contributed by atoms with Gasteiger partial charge in [0.2, 0.25) is 0 Å². The van der Waals surface area contributed by atoms with Crippen molar-refractivity contribution in [3.05, 3.63) is 44.6 Å². The maximum absolute atomic E-state index is 13.8. The summed E-state index contributed by atoms with van der Waals surface area (Å²) in [5.74, 6) is -0.0891. The summed E-state index contributed by atoms with van der Waals surface area (Å²) in [5.41, 5.74) is 7.43. The van der Waals surface area contributed by atoms with Crippen LogP contribution in [0.25, 0.3) is 0 Å². The fourth-order valence-electron chi connectivity index (χ4n) is 1.71. The molecule has 2 rings (SSSR count). The lowest BCUT2D eigenvalue weighted by Gasteiger charge is -2.13. The number of hydrogen-bond donors (Lipinski definition) is 1. The SMILES string of the molecule is CC(C)c1nnsc1C(N)c1cc(Br)ccc1F. The average Bonchev–Trinajstić information content (AvgIpc) is 2.80. The van der Waals surface area contributed by atoms with Gasteiger partial charge in [-0.15, -0.1) is 5.10 Å². The van der Waals surface area contributed by atoms with E-state index in [4.69, 9.17) is 5.73 Å². The molecule has 0 saturated carbocycles. The highest BCUT2D eigenvalue weighted by Crippen LogP contribution is 2.31. The van der Waals surface area contributed by atoms with Crippen molar-refractivity contribution in [1.82, 2.24) is 9.59 Å². The van der Waals surface area contributed by atoms with E-state index < -0.39 is 6.04 Å².